The second-order valence-corrected chi connectivity index (χ2v) is 28.1. The van der Waals surface area contributed by atoms with Gasteiger partial charge in [-0.15, -0.1) is 0 Å². The molecule has 8 aromatic carbocycles. The minimum absolute atomic E-state index is 0.0495. The fraction of sp³-hybridized carbons (Fsp3) is 0.400. The second kappa shape index (κ2) is 25.9. The summed E-state index contributed by atoms with van der Waals surface area (Å²) in [7, 11) is 0. The molecule has 8 bridgehead atoms. The molecule has 472 valence electrons. The maximum absolute atomic E-state index is 7.24. The van der Waals surface area contributed by atoms with E-state index in [1.54, 1.807) is 0 Å². The number of hydrogen-bond donors (Lipinski definition) is 8. The van der Waals surface area contributed by atoms with E-state index in [4.69, 9.17) is 18.9 Å². The van der Waals surface area contributed by atoms with Crippen LogP contribution < -0.4 is 61.5 Å². The number of ether oxygens (including phenoxy) is 4. The molecule has 5 aliphatic heterocycles. The van der Waals surface area contributed by atoms with Gasteiger partial charge in [0.1, 0.15) is 23.0 Å². The van der Waals surface area contributed by atoms with Crippen molar-refractivity contribution in [2.24, 2.45) is 47.3 Å². The molecule has 0 aromatic heterocycles. The maximum Gasteiger partial charge on any atom is 0.127 e. The summed E-state index contributed by atoms with van der Waals surface area (Å²) < 4.78 is 29.0. The molecule has 0 amide bonds. The summed E-state index contributed by atoms with van der Waals surface area (Å²) in [5, 5.41) is 35.2. The van der Waals surface area contributed by atoms with Crippen LogP contribution in [0.3, 0.4) is 0 Å². The SMILES string of the molecule is c1ccc(-c2ccccc2OC2CCC3C4NC(NC5NC(NC6NC(NC7NC(N4)C4CC(Oc8ccccc8-c8ccccc8)CCC74)C4CC(Oc7ccccc7-c7ccccc7)CCC64)C4CC(Oc6ccccc6-c6ccccc6)CCC54)C3C2)cc1. The zero-order valence-electron chi connectivity index (χ0n) is 52.4. The van der Waals surface area contributed by atoms with Gasteiger partial charge in [0.15, 0.2) is 0 Å². The molecule has 92 heavy (non-hydrogen) atoms. The van der Waals surface area contributed by atoms with E-state index < -0.39 is 0 Å². The smallest absolute Gasteiger partial charge is 0.127 e. The van der Waals surface area contributed by atoms with Gasteiger partial charge in [-0.25, -0.2) is 0 Å². The highest BCUT2D eigenvalue weighted by Gasteiger charge is 2.57. The first-order chi connectivity index (χ1) is 45.5. The van der Waals surface area contributed by atoms with Crippen molar-refractivity contribution in [2.75, 3.05) is 0 Å². The van der Waals surface area contributed by atoms with Crippen molar-refractivity contribution in [3.8, 4) is 67.5 Å². The second-order valence-electron chi connectivity index (χ2n) is 28.1. The first kappa shape index (κ1) is 58.5. The first-order valence-electron chi connectivity index (χ1n) is 34.9. The molecule has 12 unspecified atom stereocenters. The van der Waals surface area contributed by atoms with Crippen molar-refractivity contribution in [3.05, 3.63) is 218 Å². The quantitative estimate of drug-likeness (QED) is 0.0592. The van der Waals surface area contributed by atoms with Crippen LogP contribution in [-0.4, -0.2) is 73.7 Å². The van der Waals surface area contributed by atoms with Gasteiger partial charge in [-0.1, -0.05) is 194 Å². The van der Waals surface area contributed by atoms with Crippen molar-refractivity contribution in [1.82, 2.24) is 42.5 Å². The monoisotopic (exact) mass is 1220 g/mol. The Morgan fingerprint density at radius 2 is 0.380 bits per heavy atom. The van der Waals surface area contributed by atoms with Gasteiger partial charge < -0.3 is 18.9 Å². The van der Waals surface area contributed by atoms with Gasteiger partial charge in [0.05, 0.1) is 73.7 Å². The van der Waals surface area contributed by atoms with Gasteiger partial charge in [0.2, 0.25) is 0 Å². The standard InChI is InChI=1S/C80H88N8O4/c1-5-21-49(22-6-1)57-29-13-17-33-69(57)89-53-37-41-61-65(45-53)77-81-73(61)86-78-67-47-55(91-71-35-19-15-31-59(71)51-25-9-3-10-26-51)39-43-63(67)75(83-78)88-80-68-48-56(92-72-36-20-16-32-60(72)52-27-11-4-12-28-52)40-44-64(68)76(84-80)87-79-66-46-54(38-42-62(66)74(82-79)85-77)90-70-34-18-14-30-58(70)50-23-7-2-8-24-50/h1-36,53-56,61-68,73-88H,37-48H2. The molecule has 12 nitrogen and oxygen atoms in total. The Hall–Kier alpha value is -7.36. The average molecular weight is 1230 g/mol. The van der Waals surface area contributed by atoms with Gasteiger partial charge >= 0.3 is 0 Å². The van der Waals surface area contributed by atoms with Gasteiger partial charge in [0.25, 0.3) is 0 Å². The molecule has 9 aliphatic rings. The summed E-state index contributed by atoms with van der Waals surface area (Å²) in [6.07, 6.45) is 12.9. The molecular weight excluding hydrogens is 1140 g/mol. The average Bonchev–Trinajstić information content (AvgIpc) is 1.66. The van der Waals surface area contributed by atoms with Crippen LogP contribution in [0.5, 0.6) is 23.0 Å². The molecule has 0 spiro atoms. The highest BCUT2D eigenvalue weighted by atomic mass is 16.5. The largest absolute Gasteiger partial charge is 0.490 e. The number of benzene rings is 8. The Morgan fingerprint density at radius 1 is 0.196 bits per heavy atom. The Morgan fingerprint density at radius 3 is 0.598 bits per heavy atom. The van der Waals surface area contributed by atoms with Crippen molar-refractivity contribution < 1.29 is 18.9 Å². The summed E-state index contributed by atoms with van der Waals surface area (Å²) in [5.74, 6) is 6.72. The minimum Gasteiger partial charge on any atom is -0.490 e. The molecule has 8 N–H and O–H groups in total. The van der Waals surface area contributed by atoms with Crippen molar-refractivity contribution in [1.29, 1.82) is 0 Å². The van der Waals surface area contributed by atoms with Crippen molar-refractivity contribution >= 4 is 0 Å². The Balaban J connectivity index is 0.700. The fourth-order valence-corrected chi connectivity index (χ4v) is 18.7. The molecule has 5 heterocycles. The molecular formula is C80H88N8O4. The zero-order chi connectivity index (χ0) is 60.9. The third-order valence-electron chi connectivity index (χ3n) is 23.0. The van der Waals surface area contributed by atoms with E-state index in [0.717, 1.165) is 122 Å². The van der Waals surface area contributed by atoms with E-state index in [0.29, 0.717) is 47.3 Å². The Labute approximate surface area is 542 Å². The third-order valence-corrected chi connectivity index (χ3v) is 23.0. The summed E-state index contributed by atoms with van der Waals surface area (Å²) >= 11 is 0. The van der Waals surface area contributed by atoms with Gasteiger partial charge in [-0.2, -0.15) is 0 Å². The molecule has 4 aliphatic carbocycles. The van der Waals surface area contributed by atoms with Crippen LogP contribution in [0.15, 0.2) is 218 Å². The van der Waals surface area contributed by atoms with Crippen LogP contribution in [0.2, 0.25) is 0 Å². The lowest BCUT2D eigenvalue weighted by molar-refractivity contribution is 0.0629. The van der Waals surface area contributed by atoms with Gasteiger partial charge in [-0.05, 0) is 171 Å². The molecule has 12 heteroatoms. The molecule has 4 saturated carbocycles. The number of fused-ring (bicyclic) bond motifs is 20. The van der Waals surface area contributed by atoms with Crippen molar-refractivity contribution in [3.63, 3.8) is 0 Å². The van der Waals surface area contributed by atoms with E-state index >= 15 is 0 Å². The third kappa shape index (κ3) is 11.7. The lowest BCUT2D eigenvalue weighted by Gasteiger charge is -2.39. The summed E-state index contributed by atoms with van der Waals surface area (Å²) in [4.78, 5) is 0. The van der Waals surface area contributed by atoms with Crippen LogP contribution in [0.25, 0.3) is 44.5 Å². The Kier molecular flexibility index (Phi) is 16.4. The summed E-state index contributed by atoms with van der Waals surface area (Å²) in [5.41, 5.74) is 9.34. The number of hydrogen-bond acceptors (Lipinski definition) is 12. The van der Waals surface area contributed by atoms with Crippen molar-refractivity contribution in [2.45, 2.75) is 151 Å². The molecule has 8 aromatic rings. The van der Waals surface area contributed by atoms with Crippen LogP contribution in [0.4, 0.5) is 0 Å². The highest BCUT2D eigenvalue weighted by Crippen LogP contribution is 2.49. The zero-order valence-corrected chi connectivity index (χ0v) is 52.4. The Bertz CT molecular complexity index is 3300. The summed E-state index contributed by atoms with van der Waals surface area (Å²) in [6.45, 7) is 0. The van der Waals surface area contributed by atoms with E-state index in [1.165, 1.54) is 22.3 Å². The van der Waals surface area contributed by atoms with Crippen LogP contribution in [0.1, 0.15) is 77.0 Å². The molecule has 9 fully saturated rings. The maximum atomic E-state index is 7.24. The molecule has 17 rings (SSSR count). The normalized spacial score (nSPS) is 34.5. The van der Waals surface area contributed by atoms with E-state index in [2.05, 4.69) is 261 Å². The topological polar surface area (TPSA) is 133 Å². The molecule has 12 atom stereocenters. The first-order valence-corrected chi connectivity index (χ1v) is 34.9. The van der Waals surface area contributed by atoms with Crippen LogP contribution in [-0.2, 0) is 0 Å². The molecule has 5 saturated heterocycles. The van der Waals surface area contributed by atoms with Gasteiger partial charge in [-0.3, -0.25) is 42.5 Å². The molecule has 0 radical (unpaired) electrons. The van der Waals surface area contributed by atoms with Gasteiger partial charge in [0, 0.05) is 22.3 Å². The lowest BCUT2D eigenvalue weighted by Crippen LogP contribution is -2.61. The minimum atomic E-state index is 0.0495. The lowest BCUT2D eigenvalue weighted by atomic mass is 9.75. The van der Waals surface area contributed by atoms with Crippen LogP contribution >= 0.6 is 0 Å². The van der Waals surface area contributed by atoms with Crippen LogP contribution in [0, 0.1) is 47.3 Å². The van der Waals surface area contributed by atoms with E-state index in [9.17, 15) is 0 Å². The number of para-hydroxylation sites is 4. The van der Waals surface area contributed by atoms with E-state index in [1.807, 2.05) is 0 Å². The highest BCUT2D eigenvalue weighted by molar-refractivity contribution is 5.73. The predicted octanol–water partition coefficient (Wildman–Crippen LogP) is 13.5. The number of rotatable bonds is 12. The van der Waals surface area contributed by atoms with E-state index in [-0.39, 0.29) is 73.7 Å². The number of nitrogens with one attached hydrogen (secondary N) is 8. The summed E-state index contributed by atoms with van der Waals surface area (Å²) in [6, 6.07) is 77.5. The predicted molar refractivity (Wildman–Crippen MR) is 364 cm³/mol. The fourth-order valence-electron chi connectivity index (χ4n) is 18.7.